The van der Waals surface area contributed by atoms with Gasteiger partial charge in [0.15, 0.2) is 0 Å². The van der Waals surface area contributed by atoms with Crippen LogP contribution in [0.5, 0.6) is 5.75 Å². The Bertz CT molecular complexity index is 865. The van der Waals surface area contributed by atoms with Gasteiger partial charge in [0, 0.05) is 60.6 Å². The van der Waals surface area contributed by atoms with E-state index in [-0.39, 0.29) is 0 Å². The molecule has 4 rings (SSSR count). The standard InChI is InChI=1S/C24H32N2O3S/c1-25-17-20-16-21(29-13-3-10-26-11-14-28-15-12-26)6-9-23(20)24(18-25)19-4-7-22(8-5-19)30(2)27/h4-9,16,24H,3,10-15,17-18H2,1-2H3. The zero-order chi connectivity index (χ0) is 20.9. The summed E-state index contributed by atoms with van der Waals surface area (Å²) in [6.45, 7) is 7.49. The summed E-state index contributed by atoms with van der Waals surface area (Å²) in [4.78, 5) is 5.68. The molecule has 1 fully saturated rings. The Morgan fingerprint density at radius 3 is 2.63 bits per heavy atom. The minimum atomic E-state index is -0.940. The van der Waals surface area contributed by atoms with Gasteiger partial charge in [0.25, 0.3) is 0 Å². The van der Waals surface area contributed by atoms with E-state index < -0.39 is 10.8 Å². The number of likely N-dealkylation sites (N-methyl/N-ethyl adjacent to an activating group) is 1. The summed E-state index contributed by atoms with van der Waals surface area (Å²) >= 11 is 0. The van der Waals surface area contributed by atoms with Crippen LogP contribution in [0.3, 0.4) is 0 Å². The van der Waals surface area contributed by atoms with Crippen molar-refractivity contribution in [1.82, 2.24) is 9.80 Å². The number of morpholine rings is 1. The van der Waals surface area contributed by atoms with Gasteiger partial charge in [0.05, 0.1) is 19.8 Å². The first kappa shape index (κ1) is 21.5. The van der Waals surface area contributed by atoms with Crippen LogP contribution in [-0.4, -0.2) is 73.3 Å². The molecular weight excluding hydrogens is 396 g/mol. The molecule has 6 heteroatoms. The highest BCUT2D eigenvalue weighted by atomic mass is 32.2. The second kappa shape index (κ2) is 10.1. The Morgan fingerprint density at radius 1 is 1.13 bits per heavy atom. The average Bonchev–Trinajstić information content (AvgIpc) is 2.76. The lowest BCUT2D eigenvalue weighted by atomic mass is 9.85. The molecule has 0 N–H and O–H groups in total. The molecule has 0 amide bonds. The molecule has 2 aliphatic rings. The number of hydrogen-bond donors (Lipinski definition) is 0. The molecule has 2 atom stereocenters. The van der Waals surface area contributed by atoms with E-state index >= 15 is 0 Å². The first-order chi connectivity index (χ1) is 14.6. The van der Waals surface area contributed by atoms with Crippen molar-refractivity contribution in [3.05, 3.63) is 59.2 Å². The van der Waals surface area contributed by atoms with Gasteiger partial charge in [-0.05, 0) is 54.4 Å². The second-order valence-corrected chi connectivity index (χ2v) is 9.67. The summed E-state index contributed by atoms with van der Waals surface area (Å²) in [7, 11) is 1.23. The van der Waals surface area contributed by atoms with Crippen molar-refractivity contribution in [2.24, 2.45) is 0 Å². The van der Waals surface area contributed by atoms with Crippen LogP contribution in [0.2, 0.25) is 0 Å². The van der Waals surface area contributed by atoms with Crippen LogP contribution in [0.4, 0.5) is 0 Å². The summed E-state index contributed by atoms with van der Waals surface area (Å²) in [5.74, 6) is 1.29. The lowest BCUT2D eigenvalue weighted by Crippen LogP contribution is -2.37. The van der Waals surface area contributed by atoms with Crippen LogP contribution in [0.1, 0.15) is 29.0 Å². The monoisotopic (exact) mass is 428 g/mol. The highest BCUT2D eigenvalue weighted by molar-refractivity contribution is 7.84. The Balaban J connectivity index is 1.40. The van der Waals surface area contributed by atoms with Gasteiger partial charge in [-0.2, -0.15) is 0 Å². The Labute approximate surface area is 182 Å². The summed E-state index contributed by atoms with van der Waals surface area (Å²) < 4.78 is 23.2. The van der Waals surface area contributed by atoms with E-state index in [4.69, 9.17) is 9.47 Å². The summed E-state index contributed by atoms with van der Waals surface area (Å²) in [5, 5.41) is 0. The van der Waals surface area contributed by atoms with Crippen LogP contribution in [-0.2, 0) is 22.1 Å². The zero-order valence-corrected chi connectivity index (χ0v) is 18.8. The van der Waals surface area contributed by atoms with Gasteiger partial charge in [-0.25, -0.2) is 0 Å². The summed E-state index contributed by atoms with van der Waals surface area (Å²) in [6, 6.07) is 14.8. The van der Waals surface area contributed by atoms with Crippen molar-refractivity contribution in [1.29, 1.82) is 0 Å². The van der Waals surface area contributed by atoms with Crippen molar-refractivity contribution in [2.75, 3.05) is 59.3 Å². The highest BCUT2D eigenvalue weighted by Gasteiger charge is 2.25. The molecule has 0 radical (unpaired) electrons. The predicted molar refractivity (Wildman–Crippen MR) is 121 cm³/mol. The SMILES string of the molecule is CN1Cc2cc(OCCCN3CCOCC3)ccc2C(c2ccc(S(C)=O)cc2)C1. The fourth-order valence-electron chi connectivity index (χ4n) is 4.39. The Morgan fingerprint density at radius 2 is 1.90 bits per heavy atom. The molecule has 2 aliphatic heterocycles. The fourth-order valence-corrected chi connectivity index (χ4v) is 4.91. The topological polar surface area (TPSA) is 42.0 Å². The molecule has 0 aliphatic carbocycles. The number of hydrogen-bond acceptors (Lipinski definition) is 5. The van der Waals surface area contributed by atoms with Gasteiger partial charge in [-0.3, -0.25) is 9.11 Å². The fraction of sp³-hybridized carbons (Fsp3) is 0.500. The summed E-state index contributed by atoms with van der Waals surface area (Å²) in [5.41, 5.74) is 3.98. The van der Waals surface area contributed by atoms with Crippen molar-refractivity contribution in [3.8, 4) is 5.75 Å². The first-order valence-corrected chi connectivity index (χ1v) is 12.3. The number of fused-ring (bicyclic) bond motifs is 1. The van der Waals surface area contributed by atoms with Gasteiger partial charge in [-0.15, -0.1) is 0 Å². The van der Waals surface area contributed by atoms with E-state index in [1.807, 2.05) is 12.1 Å². The molecule has 0 aromatic heterocycles. The summed E-state index contributed by atoms with van der Waals surface area (Å²) in [6.07, 6.45) is 2.76. The van der Waals surface area contributed by atoms with Gasteiger partial charge in [-0.1, -0.05) is 18.2 Å². The van der Waals surface area contributed by atoms with Crippen molar-refractivity contribution >= 4 is 10.8 Å². The van der Waals surface area contributed by atoms with Crippen molar-refractivity contribution in [2.45, 2.75) is 23.8 Å². The van der Waals surface area contributed by atoms with Crippen LogP contribution >= 0.6 is 0 Å². The number of ether oxygens (including phenoxy) is 2. The van der Waals surface area contributed by atoms with Crippen molar-refractivity contribution in [3.63, 3.8) is 0 Å². The molecule has 2 aromatic rings. The molecule has 1 saturated heterocycles. The molecule has 0 spiro atoms. The second-order valence-electron chi connectivity index (χ2n) is 8.29. The molecule has 5 nitrogen and oxygen atoms in total. The highest BCUT2D eigenvalue weighted by Crippen LogP contribution is 2.35. The average molecular weight is 429 g/mol. The molecule has 0 saturated carbocycles. The van der Waals surface area contributed by atoms with E-state index in [1.54, 1.807) is 6.26 Å². The van der Waals surface area contributed by atoms with Gasteiger partial charge >= 0.3 is 0 Å². The molecular formula is C24H32N2O3S. The lowest BCUT2D eigenvalue weighted by Gasteiger charge is -2.33. The van der Waals surface area contributed by atoms with Crippen LogP contribution in [0.25, 0.3) is 0 Å². The Hall–Kier alpha value is -1.73. The number of benzene rings is 2. The molecule has 162 valence electrons. The Kier molecular flexibility index (Phi) is 7.20. The van der Waals surface area contributed by atoms with Crippen LogP contribution in [0.15, 0.2) is 47.4 Å². The smallest absolute Gasteiger partial charge is 0.119 e. The third kappa shape index (κ3) is 5.30. The van der Waals surface area contributed by atoms with E-state index in [0.29, 0.717) is 5.92 Å². The van der Waals surface area contributed by atoms with E-state index in [2.05, 4.69) is 47.2 Å². The number of nitrogens with zero attached hydrogens (tertiary/aromatic N) is 2. The largest absolute Gasteiger partial charge is 0.494 e. The normalized spacial score (nSPS) is 21.2. The van der Waals surface area contributed by atoms with E-state index in [1.165, 1.54) is 16.7 Å². The number of rotatable bonds is 7. The maximum atomic E-state index is 11.7. The molecule has 2 aromatic carbocycles. The third-order valence-electron chi connectivity index (χ3n) is 6.03. The minimum Gasteiger partial charge on any atom is -0.494 e. The van der Waals surface area contributed by atoms with Gasteiger partial charge in [0.1, 0.15) is 5.75 Å². The molecule has 2 heterocycles. The van der Waals surface area contributed by atoms with Gasteiger partial charge < -0.3 is 14.4 Å². The maximum absolute atomic E-state index is 11.7. The quantitative estimate of drug-likeness (QED) is 0.634. The predicted octanol–water partition coefficient (Wildman–Crippen LogP) is 3.10. The zero-order valence-electron chi connectivity index (χ0n) is 18.0. The van der Waals surface area contributed by atoms with E-state index in [9.17, 15) is 4.21 Å². The van der Waals surface area contributed by atoms with Gasteiger partial charge in [0.2, 0.25) is 0 Å². The minimum absolute atomic E-state index is 0.327. The maximum Gasteiger partial charge on any atom is 0.119 e. The lowest BCUT2D eigenvalue weighted by molar-refractivity contribution is 0.0358. The first-order valence-electron chi connectivity index (χ1n) is 10.8. The van der Waals surface area contributed by atoms with E-state index in [0.717, 1.165) is 69.6 Å². The van der Waals surface area contributed by atoms with Crippen LogP contribution < -0.4 is 4.74 Å². The third-order valence-corrected chi connectivity index (χ3v) is 6.97. The molecule has 30 heavy (non-hydrogen) atoms. The van der Waals surface area contributed by atoms with Crippen molar-refractivity contribution < 1.29 is 13.7 Å². The molecule has 2 unspecified atom stereocenters. The molecule has 0 bridgehead atoms. The van der Waals surface area contributed by atoms with Crippen LogP contribution in [0, 0.1) is 0 Å².